The largest absolute Gasteiger partial charge is 0.366 e. The van der Waals surface area contributed by atoms with E-state index in [1.165, 1.54) is 0 Å². The lowest BCUT2D eigenvalue weighted by atomic mass is 10.2. The summed E-state index contributed by atoms with van der Waals surface area (Å²) in [5.74, 6) is 1.65. The van der Waals surface area contributed by atoms with E-state index in [9.17, 15) is 4.79 Å². The molecular formula is C17H22N6O. The van der Waals surface area contributed by atoms with Crippen LogP contribution in [0.3, 0.4) is 0 Å². The van der Waals surface area contributed by atoms with Crippen LogP contribution >= 0.6 is 0 Å². The molecule has 7 heteroatoms. The van der Waals surface area contributed by atoms with Crippen LogP contribution in [0.1, 0.15) is 18.2 Å². The summed E-state index contributed by atoms with van der Waals surface area (Å²) < 4.78 is 0. The minimum atomic E-state index is 0.125. The van der Waals surface area contributed by atoms with Crippen molar-refractivity contribution in [2.45, 2.75) is 20.4 Å². The molecule has 1 aliphatic rings. The van der Waals surface area contributed by atoms with E-state index in [2.05, 4.69) is 25.2 Å². The number of nitrogens with one attached hydrogen (secondary N) is 1. The van der Waals surface area contributed by atoms with Gasteiger partial charge in [0.1, 0.15) is 5.82 Å². The van der Waals surface area contributed by atoms with Gasteiger partial charge >= 0.3 is 0 Å². The van der Waals surface area contributed by atoms with Crippen LogP contribution in [-0.4, -0.2) is 51.9 Å². The zero-order chi connectivity index (χ0) is 16.9. The third kappa shape index (κ3) is 3.98. The van der Waals surface area contributed by atoms with Gasteiger partial charge in [-0.15, -0.1) is 0 Å². The van der Waals surface area contributed by atoms with Crippen LogP contribution in [0.4, 0.5) is 11.8 Å². The van der Waals surface area contributed by atoms with E-state index in [0.717, 1.165) is 36.1 Å². The van der Waals surface area contributed by atoms with Crippen molar-refractivity contribution in [3.05, 3.63) is 41.9 Å². The van der Waals surface area contributed by atoms with Crippen LogP contribution in [-0.2, 0) is 11.3 Å². The fraction of sp³-hybridized carbons (Fsp3) is 0.412. The number of aromatic nitrogens is 3. The van der Waals surface area contributed by atoms with Crippen LogP contribution in [0.2, 0.25) is 0 Å². The van der Waals surface area contributed by atoms with E-state index < -0.39 is 0 Å². The molecular weight excluding hydrogens is 304 g/mol. The van der Waals surface area contributed by atoms with Gasteiger partial charge in [0.15, 0.2) is 0 Å². The highest BCUT2D eigenvalue weighted by Gasteiger charge is 2.20. The van der Waals surface area contributed by atoms with Crippen molar-refractivity contribution in [1.29, 1.82) is 0 Å². The van der Waals surface area contributed by atoms with Crippen LogP contribution in [0.5, 0.6) is 0 Å². The van der Waals surface area contributed by atoms with E-state index in [1.807, 2.05) is 30.0 Å². The first-order valence-electron chi connectivity index (χ1n) is 8.11. The number of carbonyl (C=O) groups excluding carboxylic acids is 1. The average Bonchev–Trinajstić information content (AvgIpc) is 2.60. The first kappa shape index (κ1) is 16.2. The van der Waals surface area contributed by atoms with Gasteiger partial charge in [-0.2, -0.15) is 4.98 Å². The smallest absolute Gasteiger partial charge is 0.227 e. The Bertz CT molecular complexity index is 697. The van der Waals surface area contributed by atoms with E-state index in [-0.39, 0.29) is 5.91 Å². The van der Waals surface area contributed by atoms with Gasteiger partial charge in [-0.3, -0.25) is 9.78 Å². The van der Waals surface area contributed by atoms with Crippen molar-refractivity contribution in [1.82, 2.24) is 19.9 Å². The summed E-state index contributed by atoms with van der Waals surface area (Å²) in [6, 6.07) is 5.89. The monoisotopic (exact) mass is 326 g/mol. The van der Waals surface area contributed by atoms with Crippen LogP contribution in [0, 0.1) is 6.92 Å². The fourth-order valence-electron chi connectivity index (χ4n) is 2.70. The SMILES string of the molecule is CC(=O)N1CCN(c2nc(C)cc(NCc3ccncc3)n2)CC1. The first-order valence-corrected chi connectivity index (χ1v) is 8.11. The number of pyridine rings is 1. The lowest BCUT2D eigenvalue weighted by Gasteiger charge is -2.34. The number of nitrogens with zero attached hydrogens (tertiary/aromatic N) is 5. The van der Waals surface area contributed by atoms with Gasteiger partial charge in [0.05, 0.1) is 0 Å². The summed E-state index contributed by atoms with van der Waals surface area (Å²) >= 11 is 0. The number of aryl methyl sites for hydroxylation is 1. The number of hydrogen-bond acceptors (Lipinski definition) is 6. The first-order chi connectivity index (χ1) is 11.6. The highest BCUT2D eigenvalue weighted by molar-refractivity contribution is 5.73. The summed E-state index contributed by atoms with van der Waals surface area (Å²) in [7, 11) is 0. The molecule has 7 nitrogen and oxygen atoms in total. The Morgan fingerprint density at radius 2 is 1.88 bits per heavy atom. The Balaban J connectivity index is 1.67. The molecule has 1 aliphatic heterocycles. The standard InChI is InChI=1S/C17H22N6O/c1-13-11-16(19-12-15-3-5-18-6-4-15)21-17(20-13)23-9-7-22(8-10-23)14(2)24/h3-6,11H,7-10,12H2,1-2H3,(H,19,20,21). The van der Waals surface area contributed by atoms with Gasteiger partial charge in [-0.1, -0.05) is 0 Å². The normalized spacial score (nSPS) is 14.6. The molecule has 1 saturated heterocycles. The molecule has 0 bridgehead atoms. The van der Waals surface area contributed by atoms with E-state index in [0.29, 0.717) is 19.6 Å². The molecule has 0 atom stereocenters. The van der Waals surface area contributed by atoms with Crippen LogP contribution < -0.4 is 10.2 Å². The highest BCUT2D eigenvalue weighted by atomic mass is 16.2. The molecule has 2 aromatic rings. The Hall–Kier alpha value is -2.70. The third-order valence-electron chi connectivity index (χ3n) is 4.07. The molecule has 1 amide bonds. The van der Waals surface area contributed by atoms with E-state index >= 15 is 0 Å². The summed E-state index contributed by atoms with van der Waals surface area (Å²) in [4.78, 5) is 28.6. The molecule has 3 heterocycles. The molecule has 2 aromatic heterocycles. The lowest BCUT2D eigenvalue weighted by molar-refractivity contribution is -0.129. The average molecular weight is 326 g/mol. The molecule has 0 unspecified atom stereocenters. The fourth-order valence-corrected chi connectivity index (χ4v) is 2.70. The van der Waals surface area contributed by atoms with Gasteiger partial charge in [-0.05, 0) is 24.6 Å². The number of hydrogen-bond donors (Lipinski definition) is 1. The quantitative estimate of drug-likeness (QED) is 0.917. The Labute approximate surface area is 141 Å². The second-order valence-corrected chi connectivity index (χ2v) is 5.90. The predicted octanol–water partition coefficient (Wildman–Crippen LogP) is 1.46. The zero-order valence-corrected chi connectivity index (χ0v) is 14.1. The van der Waals surface area contributed by atoms with Gasteiger partial charge < -0.3 is 15.1 Å². The van der Waals surface area contributed by atoms with Crippen molar-refractivity contribution < 1.29 is 4.79 Å². The van der Waals surface area contributed by atoms with Crippen molar-refractivity contribution in [2.24, 2.45) is 0 Å². The molecule has 0 spiro atoms. The maximum atomic E-state index is 11.4. The highest BCUT2D eigenvalue weighted by Crippen LogP contribution is 2.16. The Morgan fingerprint density at radius 3 is 2.54 bits per heavy atom. The molecule has 0 aliphatic carbocycles. The van der Waals surface area contributed by atoms with Gasteiger partial charge in [0.25, 0.3) is 0 Å². The maximum absolute atomic E-state index is 11.4. The summed E-state index contributed by atoms with van der Waals surface area (Å²) in [6.07, 6.45) is 3.56. The third-order valence-corrected chi connectivity index (χ3v) is 4.07. The number of anilines is 2. The zero-order valence-electron chi connectivity index (χ0n) is 14.1. The van der Waals surface area contributed by atoms with Gasteiger partial charge in [0.2, 0.25) is 11.9 Å². The summed E-state index contributed by atoms with van der Waals surface area (Å²) in [5.41, 5.74) is 2.07. The minimum Gasteiger partial charge on any atom is -0.366 e. The number of piperazine rings is 1. The molecule has 0 aromatic carbocycles. The predicted molar refractivity (Wildman–Crippen MR) is 92.8 cm³/mol. The van der Waals surface area contributed by atoms with Crippen molar-refractivity contribution in [3.63, 3.8) is 0 Å². The number of amides is 1. The van der Waals surface area contributed by atoms with Crippen LogP contribution in [0.25, 0.3) is 0 Å². The van der Waals surface area contributed by atoms with E-state index in [4.69, 9.17) is 0 Å². The molecule has 126 valence electrons. The lowest BCUT2D eigenvalue weighted by Crippen LogP contribution is -2.48. The number of rotatable bonds is 4. The molecule has 24 heavy (non-hydrogen) atoms. The second-order valence-electron chi connectivity index (χ2n) is 5.90. The molecule has 3 rings (SSSR count). The molecule has 0 saturated carbocycles. The van der Waals surface area contributed by atoms with Gasteiger partial charge in [0, 0.05) is 63.8 Å². The van der Waals surface area contributed by atoms with Gasteiger partial charge in [-0.25, -0.2) is 4.98 Å². The molecule has 0 radical (unpaired) electrons. The van der Waals surface area contributed by atoms with Crippen molar-refractivity contribution in [3.8, 4) is 0 Å². The topological polar surface area (TPSA) is 74.2 Å². The van der Waals surface area contributed by atoms with E-state index in [1.54, 1.807) is 19.3 Å². The second kappa shape index (κ2) is 7.25. The molecule has 1 fully saturated rings. The Morgan fingerprint density at radius 1 is 1.17 bits per heavy atom. The number of carbonyl (C=O) groups is 1. The maximum Gasteiger partial charge on any atom is 0.227 e. The van der Waals surface area contributed by atoms with Crippen molar-refractivity contribution in [2.75, 3.05) is 36.4 Å². The summed E-state index contributed by atoms with van der Waals surface area (Å²) in [5, 5.41) is 3.34. The minimum absolute atomic E-state index is 0.125. The van der Waals surface area contributed by atoms with Crippen molar-refractivity contribution >= 4 is 17.7 Å². The summed E-state index contributed by atoms with van der Waals surface area (Å²) in [6.45, 7) is 7.21. The molecule has 1 N–H and O–H groups in total. The van der Waals surface area contributed by atoms with Crippen LogP contribution in [0.15, 0.2) is 30.6 Å². The Kier molecular flexibility index (Phi) is 4.88.